The van der Waals surface area contributed by atoms with Crippen molar-refractivity contribution in [3.05, 3.63) is 45.1 Å². The lowest BCUT2D eigenvalue weighted by molar-refractivity contribution is 0.192. The van der Waals surface area contributed by atoms with Crippen LogP contribution in [0.4, 0.5) is 16.6 Å². The van der Waals surface area contributed by atoms with E-state index in [1.165, 1.54) is 51.7 Å². The van der Waals surface area contributed by atoms with Gasteiger partial charge in [-0.2, -0.15) is 4.98 Å². The largest absolute Gasteiger partial charge is 0.365 e. The first-order chi connectivity index (χ1) is 18.5. The summed E-state index contributed by atoms with van der Waals surface area (Å²) < 4.78 is 0. The van der Waals surface area contributed by atoms with Crippen LogP contribution in [0.5, 0.6) is 0 Å². The summed E-state index contributed by atoms with van der Waals surface area (Å²) in [6, 6.07) is 5.48. The van der Waals surface area contributed by atoms with E-state index in [1.54, 1.807) is 6.07 Å². The average molecular weight is 561 g/mol. The van der Waals surface area contributed by atoms with E-state index in [9.17, 15) is 4.79 Å². The van der Waals surface area contributed by atoms with E-state index >= 15 is 0 Å². The van der Waals surface area contributed by atoms with E-state index in [1.807, 2.05) is 24.0 Å². The van der Waals surface area contributed by atoms with Gasteiger partial charge in [-0.25, -0.2) is 9.78 Å². The number of piperidine rings is 1. The number of carbonyl (C=O) groups is 1. The van der Waals surface area contributed by atoms with Gasteiger partial charge in [-0.1, -0.05) is 29.3 Å². The van der Waals surface area contributed by atoms with Crippen molar-refractivity contribution in [3.8, 4) is 0 Å². The Morgan fingerprint density at radius 3 is 2.61 bits per heavy atom. The maximum Gasteiger partial charge on any atom is 0.317 e. The number of anilines is 2. The predicted molar refractivity (Wildman–Crippen MR) is 154 cm³/mol. The number of carbonyl (C=O) groups excluding carboxylic acids is 1. The lowest BCUT2D eigenvalue weighted by atomic mass is 9.93. The van der Waals surface area contributed by atoms with Gasteiger partial charge in [0, 0.05) is 54.8 Å². The number of rotatable bonds is 8. The first-order valence-electron chi connectivity index (χ1n) is 14.1. The lowest BCUT2D eigenvalue weighted by Crippen LogP contribution is -2.43. The number of likely N-dealkylation sites (tertiary alicyclic amines) is 1. The standard InChI is InChI=1S/C28H39Cl2N7O/c1-2-31-28(38)37-16-10-25-23(19-37)26(32-18-21-5-6-22(29)17-24(21)30)34-27(33-25)36-14-8-20(9-15-36)7-13-35-11-3-4-12-35/h5-6,17,20H,2-4,7-16,18-19H2,1H3,(H,31,38)(H,32,33,34). The maximum atomic E-state index is 12.6. The summed E-state index contributed by atoms with van der Waals surface area (Å²) in [6.45, 7) is 9.94. The Hall–Kier alpha value is -2.29. The molecule has 1 aromatic carbocycles. The molecule has 2 aromatic rings. The molecule has 1 aromatic heterocycles. The monoisotopic (exact) mass is 559 g/mol. The number of hydrogen-bond acceptors (Lipinski definition) is 6. The fraction of sp³-hybridized carbons (Fsp3) is 0.607. The van der Waals surface area contributed by atoms with Crippen molar-refractivity contribution in [1.82, 2.24) is 25.1 Å². The smallest absolute Gasteiger partial charge is 0.317 e. The fourth-order valence-corrected chi connectivity index (χ4v) is 6.24. The summed E-state index contributed by atoms with van der Waals surface area (Å²) in [5, 5.41) is 7.66. The van der Waals surface area contributed by atoms with E-state index in [4.69, 9.17) is 33.2 Å². The Morgan fingerprint density at radius 1 is 1.08 bits per heavy atom. The molecule has 2 fully saturated rings. The molecule has 3 aliphatic rings. The van der Waals surface area contributed by atoms with Crippen molar-refractivity contribution >= 4 is 41.0 Å². The minimum Gasteiger partial charge on any atom is -0.365 e. The predicted octanol–water partition coefficient (Wildman–Crippen LogP) is 5.19. The highest BCUT2D eigenvalue weighted by Gasteiger charge is 2.28. The minimum absolute atomic E-state index is 0.0510. The van der Waals surface area contributed by atoms with Gasteiger partial charge in [-0.3, -0.25) is 0 Å². The Balaban J connectivity index is 1.30. The summed E-state index contributed by atoms with van der Waals surface area (Å²) in [5.41, 5.74) is 2.95. The maximum absolute atomic E-state index is 12.6. The Labute approximate surface area is 236 Å². The van der Waals surface area contributed by atoms with E-state index in [0.29, 0.717) is 42.6 Å². The highest BCUT2D eigenvalue weighted by molar-refractivity contribution is 6.35. The van der Waals surface area contributed by atoms with Crippen molar-refractivity contribution in [1.29, 1.82) is 0 Å². The van der Waals surface area contributed by atoms with Crippen LogP contribution in [-0.4, -0.2) is 71.6 Å². The van der Waals surface area contributed by atoms with Gasteiger partial charge in [-0.15, -0.1) is 0 Å². The molecule has 0 saturated carbocycles. The molecule has 3 aliphatic heterocycles. The molecule has 206 valence electrons. The van der Waals surface area contributed by atoms with E-state index < -0.39 is 0 Å². The second-order valence-electron chi connectivity index (χ2n) is 10.7. The average Bonchev–Trinajstić information content (AvgIpc) is 3.45. The Bertz CT molecular complexity index is 1120. The van der Waals surface area contributed by atoms with Crippen LogP contribution in [0.2, 0.25) is 10.0 Å². The number of amides is 2. The fourth-order valence-electron chi connectivity index (χ4n) is 5.76. The van der Waals surface area contributed by atoms with Crippen LogP contribution < -0.4 is 15.5 Å². The van der Waals surface area contributed by atoms with Crippen LogP contribution in [0.15, 0.2) is 18.2 Å². The number of urea groups is 1. The molecule has 5 rings (SSSR count). The van der Waals surface area contributed by atoms with Crippen LogP contribution in [0.3, 0.4) is 0 Å². The van der Waals surface area contributed by atoms with Crippen LogP contribution in [-0.2, 0) is 19.5 Å². The third-order valence-corrected chi connectivity index (χ3v) is 8.66. The van der Waals surface area contributed by atoms with E-state index in [2.05, 4.69) is 20.4 Å². The molecule has 2 N–H and O–H groups in total. The molecular formula is C28H39Cl2N7O. The normalized spacial score (nSPS) is 18.5. The number of nitrogens with zero attached hydrogens (tertiary/aromatic N) is 5. The van der Waals surface area contributed by atoms with Crippen LogP contribution in [0, 0.1) is 5.92 Å². The highest BCUT2D eigenvalue weighted by atomic mass is 35.5. The van der Waals surface area contributed by atoms with Gasteiger partial charge in [0.05, 0.1) is 12.2 Å². The number of halogens is 2. The number of benzene rings is 1. The summed E-state index contributed by atoms with van der Waals surface area (Å²) >= 11 is 12.5. The van der Waals surface area contributed by atoms with Crippen molar-refractivity contribution in [2.45, 2.75) is 58.5 Å². The number of fused-ring (bicyclic) bond motifs is 1. The SMILES string of the molecule is CCNC(=O)N1CCc2nc(N3CCC(CCN4CCCC4)CC3)nc(NCc3ccc(Cl)cc3Cl)c2C1. The third-order valence-electron chi connectivity index (χ3n) is 8.07. The summed E-state index contributed by atoms with van der Waals surface area (Å²) in [6.07, 6.45) is 7.09. The third kappa shape index (κ3) is 6.64. The summed E-state index contributed by atoms with van der Waals surface area (Å²) in [4.78, 5) is 29.4. The van der Waals surface area contributed by atoms with Gasteiger partial charge in [0.15, 0.2) is 0 Å². The highest BCUT2D eigenvalue weighted by Crippen LogP contribution is 2.30. The number of hydrogen-bond donors (Lipinski definition) is 2. The van der Waals surface area contributed by atoms with Gasteiger partial charge < -0.3 is 25.3 Å². The lowest BCUT2D eigenvalue weighted by Gasteiger charge is -2.34. The Morgan fingerprint density at radius 2 is 1.87 bits per heavy atom. The minimum atomic E-state index is -0.0510. The van der Waals surface area contributed by atoms with Gasteiger partial charge in [0.25, 0.3) is 0 Å². The molecule has 4 heterocycles. The van der Waals surface area contributed by atoms with Crippen molar-refractivity contribution in [2.75, 3.05) is 56.0 Å². The number of aromatic nitrogens is 2. The van der Waals surface area contributed by atoms with Crippen LogP contribution in [0.25, 0.3) is 0 Å². The molecule has 0 radical (unpaired) electrons. The second kappa shape index (κ2) is 12.7. The molecule has 8 nitrogen and oxygen atoms in total. The van der Waals surface area contributed by atoms with Gasteiger partial charge in [0.1, 0.15) is 5.82 Å². The van der Waals surface area contributed by atoms with Gasteiger partial charge in [0.2, 0.25) is 5.95 Å². The molecule has 0 unspecified atom stereocenters. The molecule has 0 spiro atoms. The first-order valence-corrected chi connectivity index (χ1v) is 14.8. The van der Waals surface area contributed by atoms with Crippen molar-refractivity contribution in [2.24, 2.45) is 5.92 Å². The summed E-state index contributed by atoms with van der Waals surface area (Å²) in [7, 11) is 0. The zero-order valence-corrected chi connectivity index (χ0v) is 23.8. The van der Waals surface area contributed by atoms with Crippen molar-refractivity contribution in [3.63, 3.8) is 0 Å². The van der Waals surface area contributed by atoms with Gasteiger partial charge in [-0.05, 0) is 82.3 Å². The Kier molecular flexibility index (Phi) is 9.12. The van der Waals surface area contributed by atoms with E-state index in [-0.39, 0.29) is 6.03 Å². The molecule has 10 heteroatoms. The molecule has 2 amide bonds. The summed E-state index contributed by atoms with van der Waals surface area (Å²) in [5.74, 6) is 2.35. The molecule has 0 bridgehead atoms. The van der Waals surface area contributed by atoms with Crippen LogP contribution >= 0.6 is 23.2 Å². The molecular weight excluding hydrogens is 521 g/mol. The molecule has 0 atom stereocenters. The first kappa shape index (κ1) is 27.3. The number of nitrogens with one attached hydrogen (secondary N) is 2. The second-order valence-corrected chi connectivity index (χ2v) is 11.5. The van der Waals surface area contributed by atoms with Crippen LogP contribution in [0.1, 0.15) is 55.8 Å². The van der Waals surface area contributed by atoms with Crippen molar-refractivity contribution < 1.29 is 4.79 Å². The van der Waals surface area contributed by atoms with Gasteiger partial charge >= 0.3 is 6.03 Å². The topological polar surface area (TPSA) is 76.6 Å². The molecule has 0 aliphatic carbocycles. The van der Waals surface area contributed by atoms with E-state index in [0.717, 1.165) is 47.6 Å². The zero-order chi connectivity index (χ0) is 26.5. The zero-order valence-electron chi connectivity index (χ0n) is 22.3. The molecule has 2 saturated heterocycles. The molecule has 38 heavy (non-hydrogen) atoms. The quantitative estimate of drug-likeness (QED) is 0.463.